The number of benzene rings is 2. The Morgan fingerprint density at radius 1 is 1.08 bits per heavy atom. The van der Waals surface area contributed by atoms with Gasteiger partial charge < -0.3 is 5.32 Å². The highest BCUT2D eigenvalue weighted by molar-refractivity contribution is 14.1. The van der Waals surface area contributed by atoms with Gasteiger partial charge in [0, 0.05) is 21.2 Å². The van der Waals surface area contributed by atoms with Crippen molar-refractivity contribution in [1.29, 1.82) is 0 Å². The molecule has 0 atom stereocenters. The first-order valence-electron chi connectivity index (χ1n) is 8.36. The maximum Gasteiger partial charge on any atom is 0.133 e. The zero-order valence-corrected chi connectivity index (χ0v) is 16.0. The third-order valence-electron chi connectivity index (χ3n) is 4.57. The number of nitrogens with zero attached hydrogens (tertiary/aromatic N) is 2. The van der Waals surface area contributed by atoms with E-state index >= 15 is 0 Å². The van der Waals surface area contributed by atoms with Crippen LogP contribution in [-0.2, 0) is 6.42 Å². The Morgan fingerprint density at radius 3 is 2.62 bits per heavy atom. The molecule has 1 aliphatic heterocycles. The Hall–Kier alpha value is -1.82. The van der Waals surface area contributed by atoms with Crippen molar-refractivity contribution < 1.29 is 0 Å². The smallest absolute Gasteiger partial charge is 0.133 e. The Balaban J connectivity index is 1.94. The third kappa shape index (κ3) is 2.53. The highest BCUT2D eigenvalue weighted by atomic mass is 127. The normalized spacial score (nSPS) is 13.2. The van der Waals surface area contributed by atoms with Gasteiger partial charge >= 0.3 is 0 Å². The highest BCUT2D eigenvalue weighted by Gasteiger charge is 2.25. The van der Waals surface area contributed by atoms with Crippen LogP contribution in [0.1, 0.15) is 30.9 Å². The number of rotatable bonds is 3. The minimum atomic E-state index is 0.461. The van der Waals surface area contributed by atoms with Crippen LogP contribution in [0.25, 0.3) is 16.9 Å². The topological polar surface area (TPSA) is 29.9 Å². The van der Waals surface area contributed by atoms with Crippen LogP contribution in [0.4, 0.5) is 5.82 Å². The third-order valence-corrected chi connectivity index (χ3v) is 5.51. The molecule has 24 heavy (non-hydrogen) atoms. The van der Waals surface area contributed by atoms with Crippen LogP contribution in [0.3, 0.4) is 0 Å². The summed E-state index contributed by atoms with van der Waals surface area (Å²) in [5.41, 5.74) is 6.16. The van der Waals surface area contributed by atoms with E-state index in [0.717, 1.165) is 24.5 Å². The van der Waals surface area contributed by atoms with Gasteiger partial charge in [0.25, 0.3) is 0 Å². The van der Waals surface area contributed by atoms with E-state index in [9.17, 15) is 0 Å². The standard InChI is InChI=1S/C20H20IN3/c1-13(2)14-7-4-6-10-18(14)24-20-16(11-12-22-20)19(23-24)15-8-3-5-9-17(15)21/h3-10,13,22H,11-12H2,1-2H3. The summed E-state index contributed by atoms with van der Waals surface area (Å²) >= 11 is 2.40. The quantitative estimate of drug-likeness (QED) is 0.578. The van der Waals surface area contributed by atoms with E-state index in [1.54, 1.807) is 0 Å². The van der Waals surface area contributed by atoms with E-state index in [1.807, 2.05) is 0 Å². The predicted octanol–water partition coefficient (Wildman–Crippen LogP) is 5.24. The number of fused-ring (bicyclic) bond motifs is 1. The first-order chi connectivity index (χ1) is 11.7. The van der Waals surface area contributed by atoms with E-state index in [2.05, 4.69) is 95.0 Å². The van der Waals surface area contributed by atoms with Gasteiger partial charge in [-0.3, -0.25) is 0 Å². The second-order valence-electron chi connectivity index (χ2n) is 6.46. The summed E-state index contributed by atoms with van der Waals surface area (Å²) in [5, 5.41) is 8.57. The first-order valence-corrected chi connectivity index (χ1v) is 9.44. The van der Waals surface area contributed by atoms with Crippen molar-refractivity contribution in [3.8, 4) is 16.9 Å². The Bertz CT molecular complexity index is 896. The maximum atomic E-state index is 5.03. The average molecular weight is 429 g/mol. The van der Waals surface area contributed by atoms with Gasteiger partial charge in [-0.25, -0.2) is 4.68 Å². The highest BCUT2D eigenvalue weighted by Crippen LogP contribution is 2.37. The van der Waals surface area contributed by atoms with Gasteiger partial charge in [-0.1, -0.05) is 50.2 Å². The fourth-order valence-electron chi connectivity index (χ4n) is 3.39. The van der Waals surface area contributed by atoms with Gasteiger partial charge in [-0.15, -0.1) is 0 Å². The van der Waals surface area contributed by atoms with Crippen LogP contribution in [0.15, 0.2) is 48.5 Å². The maximum absolute atomic E-state index is 5.03. The van der Waals surface area contributed by atoms with Crippen molar-refractivity contribution >= 4 is 28.4 Å². The Morgan fingerprint density at radius 2 is 1.83 bits per heavy atom. The molecule has 0 spiro atoms. The van der Waals surface area contributed by atoms with Gasteiger partial charge in [0.05, 0.1) is 11.4 Å². The van der Waals surface area contributed by atoms with E-state index in [1.165, 1.54) is 25.9 Å². The van der Waals surface area contributed by atoms with Crippen molar-refractivity contribution in [3.05, 3.63) is 63.2 Å². The second kappa shape index (κ2) is 6.24. The van der Waals surface area contributed by atoms with Crippen molar-refractivity contribution in [2.75, 3.05) is 11.9 Å². The monoisotopic (exact) mass is 429 g/mol. The molecule has 122 valence electrons. The number of hydrogen-bond donors (Lipinski definition) is 1. The molecule has 1 aromatic heterocycles. The van der Waals surface area contributed by atoms with Crippen LogP contribution < -0.4 is 5.32 Å². The van der Waals surface area contributed by atoms with Crippen molar-refractivity contribution in [1.82, 2.24) is 9.78 Å². The number of nitrogens with one attached hydrogen (secondary N) is 1. The molecule has 1 N–H and O–H groups in total. The molecule has 3 nitrogen and oxygen atoms in total. The molecule has 0 fully saturated rings. The summed E-state index contributed by atoms with van der Waals surface area (Å²) in [6.45, 7) is 5.45. The molecular weight excluding hydrogens is 409 g/mol. The lowest BCUT2D eigenvalue weighted by Gasteiger charge is -2.14. The minimum absolute atomic E-state index is 0.461. The molecule has 0 aliphatic carbocycles. The summed E-state index contributed by atoms with van der Waals surface area (Å²) in [5.74, 6) is 1.61. The molecule has 0 amide bonds. The van der Waals surface area contributed by atoms with E-state index in [4.69, 9.17) is 5.10 Å². The molecule has 4 heteroatoms. The second-order valence-corrected chi connectivity index (χ2v) is 7.62. The minimum Gasteiger partial charge on any atom is -0.369 e. The number of aromatic nitrogens is 2. The zero-order valence-electron chi connectivity index (χ0n) is 13.9. The molecule has 0 saturated heterocycles. The average Bonchev–Trinajstić information content (AvgIpc) is 3.18. The fourth-order valence-corrected chi connectivity index (χ4v) is 4.03. The summed E-state index contributed by atoms with van der Waals surface area (Å²) < 4.78 is 3.35. The lowest BCUT2D eigenvalue weighted by Crippen LogP contribution is -2.07. The number of anilines is 1. The molecule has 0 unspecified atom stereocenters. The summed E-state index contributed by atoms with van der Waals surface area (Å²) in [7, 11) is 0. The number of halogens is 1. The molecule has 0 saturated carbocycles. The molecule has 0 radical (unpaired) electrons. The van der Waals surface area contributed by atoms with Crippen LogP contribution in [0.5, 0.6) is 0 Å². The zero-order chi connectivity index (χ0) is 16.7. The Labute approximate surface area is 156 Å². The van der Waals surface area contributed by atoms with Gasteiger partial charge in [0.15, 0.2) is 0 Å². The van der Waals surface area contributed by atoms with E-state index in [-0.39, 0.29) is 0 Å². The largest absolute Gasteiger partial charge is 0.369 e. The molecular formula is C20H20IN3. The molecule has 2 aromatic carbocycles. The fraction of sp³-hybridized carbons (Fsp3) is 0.250. The van der Waals surface area contributed by atoms with Crippen molar-refractivity contribution in [2.45, 2.75) is 26.2 Å². The van der Waals surface area contributed by atoms with Gasteiger partial charge in [0.2, 0.25) is 0 Å². The molecule has 2 heterocycles. The van der Waals surface area contributed by atoms with E-state index in [0.29, 0.717) is 5.92 Å². The SMILES string of the molecule is CC(C)c1ccccc1-n1nc(-c2ccccc2I)c2c1NCC2. The van der Waals surface area contributed by atoms with Gasteiger partial charge in [-0.05, 0) is 52.6 Å². The van der Waals surface area contributed by atoms with Crippen molar-refractivity contribution in [2.24, 2.45) is 0 Å². The van der Waals surface area contributed by atoms with Crippen LogP contribution in [0, 0.1) is 3.57 Å². The predicted molar refractivity (Wildman–Crippen MR) is 108 cm³/mol. The number of hydrogen-bond acceptors (Lipinski definition) is 2. The van der Waals surface area contributed by atoms with Crippen molar-refractivity contribution in [3.63, 3.8) is 0 Å². The molecule has 4 rings (SSSR count). The lowest BCUT2D eigenvalue weighted by atomic mass is 10.0. The number of para-hydroxylation sites is 1. The van der Waals surface area contributed by atoms with E-state index < -0.39 is 0 Å². The summed E-state index contributed by atoms with van der Waals surface area (Å²) in [4.78, 5) is 0. The van der Waals surface area contributed by atoms with Gasteiger partial charge in [-0.2, -0.15) is 5.10 Å². The molecule has 0 bridgehead atoms. The summed E-state index contributed by atoms with van der Waals surface area (Å²) in [6.07, 6.45) is 1.03. The lowest BCUT2D eigenvalue weighted by molar-refractivity contribution is 0.812. The summed E-state index contributed by atoms with van der Waals surface area (Å²) in [6, 6.07) is 17.1. The van der Waals surface area contributed by atoms with Crippen LogP contribution in [0.2, 0.25) is 0 Å². The van der Waals surface area contributed by atoms with Crippen LogP contribution in [-0.4, -0.2) is 16.3 Å². The van der Waals surface area contributed by atoms with Crippen LogP contribution >= 0.6 is 22.6 Å². The molecule has 3 aromatic rings. The first kappa shape index (κ1) is 15.7. The molecule has 1 aliphatic rings. The van der Waals surface area contributed by atoms with Gasteiger partial charge in [0.1, 0.15) is 5.82 Å². The Kier molecular flexibility index (Phi) is 4.08.